The van der Waals surface area contributed by atoms with E-state index in [0.717, 1.165) is 11.4 Å². The molecule has 3 rings (SSSR count). The first-order valence-electron chi connectivity index (χ1n) is 6.44. The maximum atomic E-state index is 11.4. The minimum Gasteiger partial charge on any atom is -0.465 e. The molecule has 1 unspecified atom stereocenters. The lowest BCUT2D eigenvalue weighted by molar-refractivity contribution is 0.0601. The fourth-order valence-corrected chi connectivity index (χ4v) is 3.46. The molecule has 0 radical (unpaired) electrons. The van der Waals surface area contributed by atoms with Crippen molar-refractivity contribution in [2.45, 2.75) is 10.9 Å². The van der Waals surface area contributed by atoms with Crippen molar-refractivity contribution < 1.29 is 9.53 Å². The highest BCUT2D eigenvalue weighted by molar-refractivity contribution is 7.99. The second-order valence-corrected chi connectivity index (χ2v) is 5.68. The third-order valence-electron chi connectivity index (χ3n) is 3.35. The van der Waals surface area contributed by atoms with Gasteiger partial charge in [0.2, 0.25) is 0 Å². The minimum atomic E-state index is -0.307. The number of thioether (sulfide) groups is 1. The van der Waals surface area contributed by atoms with E-state index in [-0.39, 0.29) is 5.97 Å². The van der Waals surface area contributed by atoms with Crippen LogP contribution >= 0.6 is 11.8 Å². The topological polar surface area (TPSA) is 38.3 Å². The molecular formula is C16H15NO2S. The number of hydrogen-bond donors (Lipinski definition) is 1. The van der Waals surface area contributed by atoms with E-state index in [0.29, 0.717) is 11.6 Å². The Morgan fingerprint density at radius 3 is 2.70 bits per heavy atom. The first-order chi connectivity index (χ1) is 9.78. The lowest BCUT2D eigenvalue weighted by Crippen LogP contribution is -2.10. The molecule has 2 aromatic rings. The predicted molar refractivity (Wildman–Crippen MR) is 81.3 cm³/mol. The van der Waals surface area contributed by atoms with Gasteiger partial charge < -0.3 is 10.1 Å². The van der Waals surface area contributed by atoms with Gasteiger partial charge in [-0.25, -0.2) is 4.79 Å². The molecule has 1 aliphatic heterocycles. The van der Waals surface area contributed by atoms with Crippen LogP contribution in [-0.2, 0) is 4.74 Å². The lowest BCUT2D eigenvalue weighted by atomic mass is 10.1. The molecule has 0 bridgehead atoms. The van der Waals surface area contributed by atoms with Gasteiger partial charge in [-0.05, 0) is 35.9 Å². The molecule has 0 fully saturated rings. The van der Waals surface area contributed by atoms with Gasteiger partial charge in [0.05, 0.1) is 18.7 Å². The van der Waals surface area contributed by atoms with E-state index in [1.165, 1.54) is 17.6 Å². The molecular weight excluding hydrogens is 270 g/mol. The molecule has 0 amide bonds. The third kappa shape index (κ3) is 2.51. The van der Waals surface area contributed by atoms with E-state index in [9.17, 15) is 4.79 Å². The van der Waals surface area contributed by atoms with Gasteiger partial charge >= 0.3 is 5.97 Å². The summed E-state index contributed by atoms with van der Waals surface area (Å²) in [6, 6.07) is 16.2. The molecule has 0 saturated heterocycles. The molecule has 0 aromatic heterocycles. The number of benzene rings is 2. The Morgan fingerprint density at radius 1 is 1.20 bits per heavy atom. The number of nitrogens with one attached hydrogen (secondary N) is 1. The summed E-state index contributed by atoms with van der Waals surface area (Å²) in [4.78, 5) is 12.7. The van der Waals surface area contributed by atoms with E-state index in [1.807, 2.05) is 23.9 Å². The zero-order valence-corrected chi connectivity index (χ0v) is 11.9. The van der Waals surface area contributed by atoms with Crippen molar-refractivity contribution in [3.8, 4) is 0 Å². The first kappa shape index (κ1) is 13.1. The Morgan fingerprint density at radius 2 is 1.95 bits per heavy atom. The minimum absolute atomic E-state index is 0.307. The summed E-state index contributed by atoms with van der Waals surface area (Å²) in [6.45, 7) is 0. The van der Waals surface area contributed by atoms with Gasteiger partial charge in [0.25, 0.3) is 0 Å². The monoisotopic (exact) mass is 285 g/mol. The predicted octanol–water partition coefficient (Wildman–Crippen LogP) is 3.73. The van der Waals surface area contributed by atoms with Gasteiger partial charge in [-0.3, -0.25) is 0 Å². The molecule has 1 atom stereocenters. The summed E-state index contributed by atoms with van der Waals surface area (Å²) in [5, 5.41) is 3.51. The van der Waals surface area contributed by atoms with Crippen LogP contribution in [-0.4, -0.2) is 18.8 Å². The van der Waals surface area contributed by atoms with Gasteiger partial charge in [-0.1, -0.05) is 18.2 Å². The number of carbonyl (C=O) groups excluding carboxylic acids is 1. The lowest BCUT2D eigenvalue weighted by Gasteiger charge is -2.15. The fourth-order valence-electron chi connectivity index (χ4n) is 2.30. The van der Waals surface area contributed by atoms with Gasteiger partial charge in [-0.15, -0.1) is 11.8 Å². The van der Waals surface area contributed by atoms with Gasteiger partial charge in [0, 0.05) is 16.3 Å². The Labute approximate surface area is 122 Å². The van der Waals surface area contributed by atoms with Crippen LogP contribution in [0.2, 0.25) is 0 Å². The van der Waals surface area contributed by atoms with E-state index in [2.05, 4.69) is 29.6 Å². The fraction of sp³-hybridized carbons (Fsp3) is 0.188. The van der Waals surface area contributed by atoms with E-state index in [1.54, 1.807) is 12.1 Å². The van der Waals surface area contributed by atoms with Gasteiger partial charge in [0.1, 0.15) is 0 Å². The molecule has 1 N–H and O–H groups in total. The van der Waals surface area contributed by atoms with Crippen molar-refractivity contribution in [1.82, 2.24) is 0 Å². The van der Waals surface area contributed by atoms with Crippen LogP contribution in [0.15, 0.2) is 53.4 Å². The standard InChI is InChI=1S/C16H15NO2S/c1-19-16(18)11-6-8-12(9-7-11)17-14-10-20-15-5-3-2-4-13(14)15/h2-9,14,17H,10H2,1H3. The molecule has 0 aliphatic carbocycles. The summed E-state index contributed by atoms with van der Waals surface area (Å²) in [7, 11) is 1.39. The quantitative estimate of drug-likeness (QED) is 0.872. The number of ether oxygens (including phenoxy) is 1. The molecule has 0 saturated carbocycles. The van der Waals surface area contributed by atoms with Crippen LogP contribution in [0.4, 0.5) is 5.69 Å². The van der Waals surface area contributed by atoms with Crippen molar-refractivity contribution in [1.29, 1.82) is 0 Å². The Hall–Kier alpha value is -1.94. The van der Waals surface area contributed by atoms with Crippen LogP contribution in [0.1, 0.15) is 22.0 Å². The van der Waals surface area contributed by atoms with Gasteiger partial charge in [0.15, 0.2) is 0 Å². The highest BCUT2D eigenvalue weighted by Crippen LogP contribution is 2.39. The summed E-state index contributed by atoms with van der Waals surface area (Å²) in [5.41, 5.74) is 2.92. The number of hydrogen-bond acceptors (Lipinski definition) is 4. The van der Waals surface area contributed by atoms with Crippen molar-refractivity contribution in [3.63, 3.8) is 0 Å². The normalized spacial score (nSPS) is 16.6. The Kier molecular flexibility index (Phi) is 3.65. The van der Waals surface area contributed by atoms with Crippen molar-refractivity contribution in [2.75, 3.05) is 18.2 Å². The molecule has 102 valence electrons. The second kappa shape index (κ2) is 5.59. The maximum Gasteiger partial charge on any atom is 0.337 e. The molecule has 1 aliphatic rings. The maximum absolute atomic E-state index is 11.4. The van der Waals surface area contributed by atoms with E-state index in [4.69, 9.17) is 4.74 Å². The smallest absolute Gasteiger partial charge is 0.337 e. The van der Waals surface area contributed by atoms with Gasteiger partial charge in [-0.2, -0.15) is 0 Å². The van der Waals surface area contributed by atoms with Crippen LogP contribution in [0.5, 0.6) is 0 Å². The summed E-state index contributed by atoms with van der Waals surface area (Å²) in [5.74, 6) is 0.719. The number of methoxy groups -OCH3 is 1. The molecule has 3 nitrogen and oxygen atoms in total. The average molecular weight is 285 g/mol. The molecule has 4 heteroatoms. The van der Waals surface area contributed by atoms with E-state index < -0.39 is 0 Å². The number of carbonyl (C=O) groups is 1. The summed E-state index contributed by atoms with van der Waals surface area (Å²) < 4.78 is 4.69. The molecule has 20 heavy (non-hydrogen) atoms. The highest BCUT2D eigenvalue weighted by Gasteiger charge is 2.22. The van der Waals surface area contributed by atoms with Crippen molar-refractivity contribution >= 4 is 23.4 Å². The van der Waals surface area contributed by atoms with Crippen LogP contribution in [0.25, 0.3) is 0 Å². The second-order valence-electron chi connectivity index (χ2n) is 4.61. The number of esters is 1. The van der Waals surface area contributed by atoms with Crippen LogP contribution < -0.4 is 5.32 Å². The van der Waals surface area contributed by atoms with Crippen LogP contribution in [0, 0.1) is 0 Å². The number of anilines is 1. The summed E-state index contributed by atoms with van der Waals surface area (Å²) in [6.07, 6.45) is 0. The number of rotatable bonds is 3. The zero-order valence-electron chi connectivity index (χ0n) is 11.1. The van der Waals surface area contributed by atoms with Crippen molar-refractivity contribution in [3.05, 3.63) is 59.7 Å². The molecule has 2 aromatic carbocycles. The first-order valence-corrected chi connectivity index (χ1v) is 7.43. The van der Waals surface area contributed by atoms with Crippen LogP contribution in [0.3, 0.4) is 0 Å². The molecule has 1 heterocycles. The van der Waals surface area contributed by atoms with E-state index >= 15 is 0 Å². The van der Waals surface area contributed by atoms with Crippen molar-refractivity contribution in [2.24, 2.45) is 0 Å². The largest absolute Gasteiger partial charge is 0.465 e. The number of fused-ring (bicyclic) bond motifs is 1. The third-order valence-corrected chi connectivity index (χ3v) is 4.53. The Bertz CT molecular complexity index is 625. The zero-order chi connectivity index (χ0) is 13.9. The average Bonchev–Trinajstić information content (AvgIpc) is 2.91. The SMILES string of the molecule is COC(=O)c1ccc(NC2CSc3ccccc32)cc1. The summed E-state index contributed by atoms with van der Waals surface area (Å²) >= 11 is 1.87. The Balaban J connectivity index is 1.75. The molecule has 0 spiro atoms. The highest BCUT2D eigenvalue weighted by atomic mass is 32.2.